The lowest BCUT2D eigenvalue weighted by Crippen LogP contribution is -2.26. The molecule has 0 aliphatic rings. The molecule has 2 rings (SSSR count). The molecule has 8 heteroatoms. The number of pyridine rings is 1. The van der Waals surface area contributed by atoms with Crippen LogP contribution in [0.1, 0.15) is 32.3 Å². The third-order valence-electron chi connectivity index (χ3n) is 3.44. The van der Waals surface area contributed by atoms with Crippen molar-refractivity contribution in [1.29, 1.82) is 0 Å². The molecule has 0 N–H and O–H groups in total. The van der Waals surface area contributed by atoms with Crippen LogP contribution in [-0.2, 0) is 5.31 Å². The summed E-state index contributed by atoms with van der Waals surface area (Å²) in [4.78, 5) is 2.85. The number of rotatable bonds is 3. The predicted molar refractivity (Wildman–Crippen MR) is 69.5 cm³/mol. The highest BCUT2D eigenvalue weighted by atomic mass is 19.2. The van der Waals surface area contributed by atoms with Crippen LogP contribution < -0.4 is 0 Å². The summed E-state index contributed by atoms with van der Waals surface area (Å²) >= 11 is 0. The fraction of sp³-hybridized carbons (Fsp3) is 0.357. The minimum absolute atomic E-state index is 0.0813. The molecule has 1 aromatic carbocycles. The van der Waals surface area contributed by atoms with Crippen LogP contribution in [0.25, 0.3) is 10.9 Å². The van der Waals surface area contributed by atoms with Crippen LogP contribution in [0.4, 0.5) is 26.3 Å². The Kier molecular flexibility index (Phi) is 4.15. The Labute approximate surface area is 123 Å². The van der Waals surface area contributed by atoms with E-state index in [1.54, 1.807) is 6.92 Å². The van der Waals surface area contributed by atoms with Gasteiger partial charge in [0.1, 0.15) is 5.52 Å². The summed E-state index contributed by atoms with van der Waals surface area (Å²) < 4.78 is 82.4. The van der Waals surface area contributed by atoms with Gasteiger partial charge in [0, 0.05) is 5.56 Å². The standard InChI is InChI=1S/C14H10BF6N/c1-3-4-14(2,15)6-9(18)7(16)5-8(17)11(20)13(21)22-12(5)10(6)19/h3-4H2,1-2H3. The van der Waals surface area contributed by atoms with E-state index in [9.17, 15) is 26.3 Å². The van der Waals surface area contributed by atoms with Crippen molar-refractivity contribution in [3.8, 4) is 0 Å². The van der Waals surface area contributed by atoms with Crippen molar-refractivity contribution in [3.63, 3.8) is 0 Å². The summed E-state index contributed by atoms with van der Waals surface area (Å²) in [6, 6.07) is 0. The number of fused-ring (bicyclic) bond motifs is 1. The van der Waals surface area contributed by atoms with Crippen molar-refractivity contribution < 1.29 is 26.3 Å². The molecule has 0 aliphatic carbocycles. The smallest absolute Gasteiger partial charge is 0.214 e. The molecule has 22 heavy (non-hydrogen) atoms. The van der Waals surface area contributed by atoms with Crippen LogP contribution in [0.15, 0.2) is 0 Å². The molecule has 0 fully saturated rings. The molecule has 0 spiro atoms. The number of nitrogens with zero attached hydrogens (tertiary/aromatic N) is 1. The average Bonchev–Trinajstić information content (AvgIpc) is 2.42. The molecule has 0 amide bonds. The van der Waals surface area contributed by atoms with Crippen molar-refractivity contribution in [3.05, 3.63) is 40.6 Å². The van der Waals surface area contributed by atoms with Crippen molar-refractivity contribution in [1.82, 2.24) is 4.98 Å². The molecular formula is C14H10BF6N. The van der Waals surface area contributed by atoms with Crippen molar-refractivity contribution >= 4 is 18.7 Å². The first kappa shape index (κ1) is 16.6. The van der Waals surface area contributed by atoms with E-state index in [-0.39, 0.29) is 6.42 Å². The average molecular weight is 317 g/mol. The lowest BCUT2D eigenvalue weighted by Gasteiger charge is -2.27. The predicted octanol–water partition coefficient (Wildman–Crippen LogP) is 4.25. The van der Waals surface area contributed by atoms with Crippen molar-refractivity contribution in [2.24, 2.45) is 0 Å². The van der Waals surface area contributed by atoms with Crippen LogP contribution in [0, 0.1) is 35.0 Å². The second-order valence-corrected chi connectivity index (χ2v) is 5.24. The molecule has 1 atom stereocenters. The van der Waals surface area contributed by atoms with Crippen LogP contribution in [0.5, 0.6) is 0 Å². The quantitative estimate of drug-likeness (QED) is 0.357. The molecular weight excluding hydrogens is 307 g/mol. The molecule has 116 valence electrons. The maximum Gasteiger partial charge on any atom is 0.252 e. The third-order valence-corrected chi connectivity index (χ3v) is 3.44. The van der Waals surface area contributed by atoms with Gasteiger partial charge in [0.25, 0.3) is 5.95 Å². The largest absolute Gasteiger partial charge is 0.252 e. The second kappa shape index (κ2) is 5.48. The van der Waals surface area contributed by atoms with Gasteiger partial charge < -0.3 is 0 Å². The van der Waals surface area contributed by atoms with Gasteiger partial charge in [-0.05, 0) is 5.31 Å². The van der Waals surface area contributed by atoms with E-state index in [0.717, 1.165) is 0 Å². The molecule has 1 aromatic heterocycles. The molecule has 0 aliphatic heterocycles. The lowest BCUT2D eigenvalue weighted by atomic mass is 9.62. The Morgan fingerprint density at radius 1 is 0.909 bits per heavy atom. The first-order valence-corrected chi connectivity index (χ1v) is 6.43. The SMILES string of the molecule is [B]C(C)(CCC)c1c(F)c(F)c2c(F)c(F)c(F)nc2c1F. The van der Waals surface area contributed by atoms with Gasteiger partial charge in [-0.15, -0.1) is 0 Å². The molecule has 2 aromatic rings. The number of benzene rings is 1. The fourth-order valence-corrected chi connectivity index (χ4v) is 2.45. The molecule has 0 saturated heterocycles. The third kappa shape index (κ3) is 2.34. The summed E-state index contributed by atoms with van der Waals surface area (Å²) in [5.74, 6) is -11.2. The van der Waals surface area contributed by atoms with Gasteiger partial charge in [-0.1, -0.05) is 26.7 Å². The highest BCUT2D eigenvalue weighted by molar-refractivity contribution is 6.16. The maximum atomic E-state index is 14.4. The summed E-state index contributed by atoms with van der Waals surface area (Å²) in [6.45, 7) is 2.94. The van der Waals surface area contributed by atoms with Gasteiger partial charge >= 0.3 is 0 Å². The van der Waals surface area contributed by atoms with Crippen LogP contribution >= 0.6 is 0 Å². The number of halogens is 6. The van der Waals surface area contributed by atoms with Gasteiger partial charge in [0.05, 0.1) is 13.2 Å². The maximum absolute atomic E-state index is 14.4. The van der Waals surface area contributed by atoms with Gasteiger partial charge in [0.2, 0.25) is 5.82 Å². The molecule has 0 bridgehead atoms. The highest BCUT2D eigenvalue weighted by Crippen LogP contribution is 2.36. The zero-order valence-corrected chi connectivity index (χ0v) is 11.7. The summed E-state index contributed by atoms with van der Waals surface area (Å²) in [5, 5.41) is -3.01. The zero-order valence-electron chi connectivity index (χ0n) is 11.7. The van der Waals surface area contributed by atoms with E-state index in [0.29, 0.717) is 6.42 Å². The Morgan fingerprint density at radius 2 is 1.45 bits per heavy atom. The minimum atomic E-state index is -2.11. The fourth-order valence-electron chi connectivity index (χ4n) is 2.45. The summed E-state index contributed by atoms with van der Waals surface area (Å²) in [7, 11) is 5.78. The number of hydrogen-bond donors (Lipinski definition) is 0. The minimum Gasteiger partial charge on any atom is -0.214 e. The van der Waals surface area contributed by atoms with Crippen molar-refractivity contribution in [2.45, 2.75) is 32.0 Å². The Morgan fingerprint density at radius 3 is 2.00 bits per heavy atom. The number of aromatic nitrogens is 1. The van der Waals surface area contributed by atoms with E-state index in [4.69, 9.17) is 7.85 Å². The molecule has 1 heterocycles. The van der Waals surface area contributed by atoms with Crippen molar-refractivity contribution in [2.75, 3.05) is 0 Å². The van der Waals surface area contributed by atoms with Gasteiger partial charge in [-0.3, -0.25) is 0 Å². The molecule has 1 unspecified atom stereocenters. The van der Waals surface area contributed by atoms with Crippen LogP contribution in [-0.4, -0.2) is 12.8 Å². The Bertz CT molecular complexity index is 759. The Balaban J connectivity index is 2.97. The van der Waals surface area contributed by atoms with Gasteiger partial charge in [-0.25, -0.2) is 22.5 Å². The first-order valence-electron chi connectivity index (χ1n) is 6.43. The van der Waals surface area contributed by atoms with Gasteiger partial charge in [-0.2, -0.15) is 8.78 Å². The molecule has 1 nitrogen and oxygen atoms in total. The van der Waals surface area contributed by atoms with Crippen LogP contribution in [0.3, 0.4) is 0 Å². The van der Waals surface area contributed by atoms with E-state index in [1.165, 1.54) is 6.92 Å². The lowest BCUT2D eigenvalue weighted by molar-refractivity contribution is 0.421. The highest BCUT2D eigenvalue weighted by Gasteiger charge is 2.33. The monoisotopic (exact) mass is 317 g/mol. The molecule has 2 radical (unpaired) electrons. The topological polar surface area (TPSA) is 12.9 Å². The normalized spacial score (nSPS) is 14.4. The summed E-state index contributed by atoms with van der Waals surface area (Å²) in [6.07, 6.45) is 0.503. The van der Waals surface area contributed by atoms with E-state index in [2.05, 4.69) is 4.98 Å². The van der Waals surface area contributed by atoms with E-state index >= 15 is 0 Å². The van der Waals surface area contributed by atoms with E-state index in [1.807, 2.05) is 0 Å². The second-order valence-electron chi connectivity index (χ2n) is 5.24. The van der Waals surface area contributed by atoms with E-state index < -0.39 is 56.8 Å². The first-order chi connectivity index (χ1) is 10.1. The Hall–Kier alpha value is -1.73. The zero-order chi connectivity index (χ0) is 16.8. The number of hydrogen-bond acceptors (Lipinski definition) is 1. The van der Waals surface area contributed by atoms with Gasteiger partial charge in [0.15, 0.2) is 23.3 Å². The molecule has 0 saturated carbocycles. The van der Waals surface area contributed by atoms with Crippen LogP contribution in [0.2, 0.25) is 0 Å². The summed E-state index contributed by atoms with van der Waals surface area (Å²) in [5.41, 5.74) is -2.02.